The quantitative estimate of drug-likeness (QED) is 0.240. The Morgan fingerprint density at radius 2 is 1.81 bits per heavy atom. The Balaban J connectivity index is 1.61. The van der Waals surface area contributed by atoms with Crippen LogP contribution < -0.4 is 20.5 Å². The summed E-state index contributed by atoms with van der Waals surface area (Å²) in [6, 6.07) is 10.1. The van der Waals surface area contributed by atoms with E-state index in [4.69, 9.17) is 14.0 Å². The van der Waals surface area contributed by atoms with Gasteiger partial charge in [0.2, 0.25) is 5.91 Å². The molecule has 0 spiro atoms. The summed E-state index contributed by atoms with van der Waals surface area (Å²) in [5, 5.41) is 6.14. The van der Waals surface area contributed by atoms with Gasteiger partial charge in [0.1, 0.15) is 30.9 Å². The monoisotopic (exact) mass is 588 g/mol. The maximum absolute atomic E-state index is 15.3. The summed E-state index contributed by atoms with van der Waals surface area (Å²) in [6.45, 7) is -0.824. The highest BCUT2D eigenvalue weighted by molar-refractivity contribution is 5.96. The van der Waals surface area contributed by atoms with E-state index in [1.54, 1.807) is 0 Å². The highest BCUT2D eigenvalue weighted by Gasteiger charge is 2.33. The van der Waals surface area contributed by atoms with Crippen molar-refractivity contribution in [1.29, 1.82) is 0 Å². The molecule has 0 aliphatic heterocycles. The van der Waals surface area contributed by atoms with Crippen LogP contribution in [0.5, 0.6) is 11.5 Å². The second-order valence-corrected chi connectivity index (χ2v) is 9.14. The van der Waals surface area contributed by atoms with Crippen LogP contribution >= 0.6 is 0 Å². The predicted molar refractivity (Wildman–Crippen MR) is 140 cm³/mol. The number of benzene rings is 3. The van der Waals surface area contributed by atoms with Gasteiger partial charge in [-0.25, -0.2) is 13.6 Å². The van der Waals surface area contributed by atoms with E-state index in [0.717, 1.165) is 39.5 Å². The second-order valence-electron chi connectivity index (χ2n) is 9.14. The Morgan fingerprint density at radius 3 is 2.45 bits per heavy atom. The fraction of sp³-hybridized carbons (Fsp3) is 0.179. The van der Waals surface area contributed by atoms with Crippen molar-refractivity contribution in [3.63, 3.8) is 0 Å². The summed E-state index contributed by atoms with van der Waals surface area (Å²) in [6.07, 6.45) is -3.55. The van der Waals surface area contributed by atoms with Gasteiger partial charge in [-0.1, -0.05) is 5.16 Å². The van der Waals surface area contributed by atoms with Gasteiger partial charge in [-0.3, -0.25) is 13.9 Å². The number of amides is 1. The average molecular weight is 588 g/mol. The standard InChI is InChI=1S/C28H21F5N4O5/c1-36-25-20(15-9-21(30)26(23(10-15)40-2)41-14-19-7-8-42-35-19)11-16(28(31,32)33)12-22(25)37(27(36)39)13-24(38)34-18-5-3-17(29)4-6-18/h3-12H,13-14H2,1-2H3,(H,34,38). The molecule has 0 fully saturated rings. The number of alkyl halides is 3. The van der Waals surface area contributed by atoms with E-state index in [-0.39, 0.29) is 46.0 Å². The number of anilines is 1. The first-order valence-electron chi connectivity index (χ1n) is 12.2. The maximum Gasteiger partial charge on any atom is 0.416 e. The van der Waals surface area contributed by atoms with Gasteiger partial charge in [0.25, 0.3) is 0 Å². The van der Waals surface area contributed by atoms with E-state index in [1.165, 1.54) is 44.7 Å². The highest BCUT2D eigenvalue weighted by atomic mass is 19.4. The van der Waals surface area contributed by atoms with E-state index in [2.05, 4.69) is 10.5 Å². The van der Waals surface area contributed by atoms with Gasteiger partial charge >= 0.3 is 11.9 Å². The molecule has 0 unspecified atom stereocenters. The highest BCUT2D eigenvalue weighted by Crippen LogP contribution is 2.41. The molecule has 14 heteroatoms. The number of carbonyl (C=O) groups excluding carboxylic acids is 1. The molecule has 1 N–H and O–H groups in total. The molecule has 42 heavy (non-hydrogen) atoms. The van der Waals surface area contributed by atoms with E-state index < -0.39 is 41.5 Å². The lowest BCUT2D eigenvalue weighted by Crippen LogP contribution is -2.28. The van der Waals surface area contributed by atoms with Crippen LogP contribution in [-0.2, 0) is 31.2 Å². The minimum Gasteiger partial charge on any atom is -0.493 e. The molecule has 9 nitrogen and oxygen atoms in total. The van der Waals surface area contributed by atoms with Crippen molar-refractivity contribution in [3.8, 4) is 22.6 Å². The number of nitrogens with one attached hydrogen (secondary N) is 1. The molecule has 2 aromatic heterocycles. The van der Waals surface area contributed by atoms with Gasteiger partial charge < -0.3 is 19.3 Å². The Hall–Kier alpha value is -5.14. The first-order valence-corrected chi connectivity index (χ1v) is 12.2. The minimum absolute atomic E-state index is 0.0142. The third kappa shape index (κ3) is 5.55. The van der Waals surface area contributed by atoms with E-state index in [9.17, 15) is 27.2 Å². The van der Waals surface area contributed by atoms with Gasteiger partial charge in [0.15, 0.2) is 17.3 Å². The summed E-state index contributed by atoms with van der Waals surface area (Å²) in [5.74, 6) is -2.65. The van der Waals surface area contributed by atoms with Gasteiger partial charge in [-0.05, 0) is 54.1 Å². The van der Waals surface area contributed by atoms with Gasteiger partial charge in [-0.2, -0.15) is 13.2 Å². The fourth-order valence-corrected chi connectivity index (χ4v) is 4.44. The van der Waals surface area contributed by atoms with E-state index in [1.807, 2.05) is 0 Å². The number of hydrogen-bond acceptors (Lipinski definition) is 6. The predicted octanol–water partition coefficient (Wildman–Crippen LogP) is 5.52. The van der Waals surface area contributed by atoms with Crippen molar-refractivity contribution in [2.45, 2.75) is 19.3 Å². The average Bonchev–Trinajstić information content (AvgIpc) is 3.55. The van der Waals surface area contributed by atoms with Crippen LogP contribution in [0.2, 0.25) is 0 Å². The van der Waals surface area contributed by atoms with Crippen LogP contribution in [0.4, 0.5) is 27.6 Å². The summed E-state index contributed by atoms with van der Waals surface area (Å²) >= 11 is 0. The van der Waals surface area contributed by atoms with Crippen molar-refractivity contribution in [3.05, 3.63) is 94.2 Å². The molecule has 0 saturated heterocycles. The lowest BCUT2D eigenvalue weighted by molar-refractivity contribution is -0.137. The zero-order valence-electron chi connectivity index (χ0n) is 22.0. The molecule has 0 aliphatic carbocycles. The Kier molecular flexibility index (Phi) is 7.45. The van der Waals surface area contributed by atoms with Crippen molar-refractivity contribution < 1.29 is 40.7 Å². The van der Waals surface area contributed by atoms with Crippen molar-refractivity contribution >= 4 is 22.6 Å². The molecular weight excluding hydrogens is 567 g/mol. The third-order valence-electron chi connectivity index (χ3n) is 6.39. The minimum atomic E-state index is -4.85. The Labute approximate surface area is 233 Å². The number of aryl methyl sites for hydroxylation is 1. The molecular formula is C28H21F5N4O5. The molecule has 5 aromatic rings. The molecule has 218 valence electrons. The summed E-state index contributed by atoms with van der Waals surface area (Å²) in [5.41, 5.74) is -1.73. The van der Waals surface area contributed by atoms with Crippen LogP contribution in [0.25, 0.3) is 22.2 Å². The van der Waals surface area contributed by atoms with Crippen LogP contribution in [0.1, 0.15) is 11.3 Å². The fourth-order valence-electron chi connectivity index (χ4n) is 4.44. The Morgan fingerprint density at radius 1 is 1.07 bits per heavy atom. The maximum atomic E-state index is 15.3. The molecule has 1 amide bonds. The first-order chi connectivity index (χ1) is 20.0. The molecule has 0 radical (unpaired) electrons. The molecule has 0 aliphatic rings. The number of imidazole rings is 1. The second kappa shape index (κ2) is 11.0. The number of rotatable bonds is 8. The lowest BCUT2D eigenvalue weighted by Gasteiger charge is -2.15. The molecule has 5 rings (SSSR count). The number of carbonyl (C=O) groups is 1. The molecule has 0 atom stereocenters. The smallest absolute Gasteiger partial charge is 0.416 e. The van der Waals surface area contributed by atoms with Crippen LogP contribution in [-0.4, -0.2) is 27.3 Å². The zero-order chi connectivity index (χ0) is 30.2. The molecule has 0 saturated carbocycles. The van der Waals surface area contributed by atoms with Gasteiger partial charge in [0.05, 0.1) is 23.7 Å². The normalized spacial score (nSPS) is 11.6. The van der Waals surface area contributed by atoms with E-state index in [0.29, 0.717) is 5.69 Å². The third-order valence-corrected chi connectivity index (χ3v) is 6.39. The largest absolute Gasteiger partial charge is 0.493 e. The van der Waals surface area contributed by atoms with Crippen LogP contribution in [0, 0.1) is 11.6 Å². The molecule has 0 bridgehead atoms. The van der Waals surface area contributed by atoms with Gasteiger partial charge in [-0.15, -0.1) is 0 Å². The SMILES string of the molecule is COc1cc(-c2cc(C(F)(F)F)cc3c2n(C)c(=O)n3CC(=O)Nc2ccc(F)cc2)cc(F)c1OCc1ccon1. The number of methoxy groups -OCH3 is 1. The number of hydrogen-bond donors (Lipinski definition) is 1. The van der Waals surface area contributed by atoms with E-state index >= 15 is 4.39 Å². The first kappa shape index (κ1) is 28.4. The van der Waals surface area contributed by atoms with Crippen molar-refractivity contribution in [2.24, 2.45) is 7.05 Å². The summed E-state index contributed by atoms with van der Waals surface area (Å²) in [7, 11) is 2.55. The Bertz CT molecular complexity index is 1830. The van der Waals surface area contributed by atoms with Crippen LogP contribution in [0.3, 0.4) is 0 Å². The topological polar surface area (TPSA) is 101 Å². The lowest BCUT2D eigenvalue weighted by atomic mass is 9.99. The van der Waals surface area contributed by atoms with Crippen LogP contribution in [0.15, 0.2) is 70.2 Å². The molecule has 2 heterocycles. The number of fused-ring (bicyclic) bond motifs is 1. The summed E-state index contributed by atoms with van der Waals surface area (Å²) < 4.78 is 88.0. The number of nitrogens with zero attached hydrogens (tertiary/aromatic N) is 3. The number of ether oxygens (including phenoxy) is 2. The van der Waals surface area contributed by atoms with Crippen molar-refractivity contribution in [2.75, 3.05) is 12.4 Å². The number of aromatic nitrogens is 3. The van der Waals surface area contributed by atoms with Gasteiger partial charge in [0, 0.05) is 24.4 Å². The van der Waals surface area contributed by atoms with Crippen molar-refractivity contribution in [1.82, 2.24) is 14.3 Å². The number of halogens is 5. The molecule has 3 aromatic carbocycles. The summed E-state index contributed by atoms with van der Waals surface area (Å²) in [4.78, 5) is 25.9. The zero-order valence-corrected chi connectivity index (χ0v) is 22.0.